The highest BCUT2D eigenvalue weighted by Crippen LogP contribution is 2.39. The number of likely N-dealkylation sites (N-methyl/N-ethyl adjacent to an activating group) is 1. The van der Waals surface area contributed by atoms with E-state index in [2.05, 4.69) is 70.9 Å². The molecule has 0 radical (unpaired) electrons. The van der Waals surface area contributed by atoms with Gasteiger partial charge in [-0.3, -0.25) is 9.69 Å². The molecule has 37 heavy (non-hydrogen) atoms. The molecule has 1 saturated heterocycles. The number of fused-ring (bicyclic) bond motifs is 2. The van der Waals surface area contributed by atoms with E-state index in [9.17, 15) is 4.79 Å². The van der Waals surface area contributed by atoms with Crippen LogP contribution in [0.5, 0.6) is 0 Å². The normalized spacial score (nSPS) is 15.1. The van der Waals surface area contributed by atoms with Gasteiger partial charge in [0.2, 0.25) is 11.6 Å². The number of nitrogens with one attached hydrogen (secondary N) is 1. The third kappa shape index (κ3) is 4.51. The Bertz CT molecular complexity index is 1530. The summed E-state index contributed by atoms with van der Waals surface area (Å²) < 4.78 is 1.93. The highest BCUT2D eigenvalue weighted by molar-refractivity contribution is 5.92. The molecule has 4 heterocycles. The van der Waals surface area contributed by atoms with Gasteiger partial charge in [-0.05, 0) is 80.9 Å². The predicted octanol–water partition coefficient (Wildman–Crippen LogP) is 6.04. The van der Waals surface area contributed by atoms with Gasteiger partial charge in [0.15, 0.2) is 0 Å². The molecule has 3 aromatic heterocycles. The first-order valence-corrected chi connectivity index (χ1v) is 13.1. The van der Waals surface area contributed by atoms with Crippen LogP contribution < -0.4 is 0 Å². The van der Waals surface area contributed by atoms with Gasteiger partial charge in [-0.2, -0.15) is 0 Å². The summed E-state index contributed by atoms with van der Waals surface area (Å²) in [6.07, 6.45) is 4.18. The number of H-pyrrole nitrogens is 1. The number of pyridine rings is 1. The molecule has 1 fully saturated rings. The number of likely N-dealkylation sites (tertiary alicyclic amines) is 1. The molecule has 192 valence electrons. The van der Waals surface area contributed by atoms with Crippen LogP contribution in [0.15, 0.2) is 30.5 Å². The van der Waals surface area contributed by atoms with Gasteiger partial charge >= 0.3 is 0 Å². The number of hydrogen-bond donors (Lipinski definition) is 1. The molecular weight excluding hydrogens is 460 g/mol. The lowest BCUT2D eigenvalue weighted by Crippen LogP contribution is -2.40. The number of benzene rings is 1. The molecule has 0 unspecified atom stereocenters. The largest absolute Gasteiger partial charge is 0.362 e. The Balaban J connectivity index is 1.50. The number of hydrogen-bond acceptors (Lipinski definition) is 3. The van der Waals surface area contributed by atoms with Crippen LogP contribution in [0.1, 0.15) is 60.9 Å². The Morgan fingerprint density at radius 2 is 1.95 bits per heavy atom. The van der Waals surface area contributed by atoms with Crippen molar-refractivity contribution >= 4 is 28.3 Å². The van der Waals surface area contributed by atoms with Crippen LogP contribution in [0.2, 0.25) is 0 Å². The maximum Gasteiger partial charge on any atom is 0.257 e. The number of carbonyl (C=O) groups is 1. The second-order valence-electron chi connectivity index (χ2n) is 11.0. The van der Waals surface area contributed by atoms with Gasteiger partial charge in [0, 0.05) is 36.1 Å². The number of carbonyl (C=O) groups excluding carboxylic acids is 1. The van der Waals surface area contributed by atoms with E-state index < -0.39 is 0 Å². The van der Waals surface area contributed by atoms with Crippen molar-refractivity contribution in [2.24, 2.45) is 0 Å². The summed E-state index contributed by atoms with van der Waals surface area (Å²) in [6.45, 7) is 18.5. The number of nitrogens with zero attached hydrogens (tertiary/aromatic N) is 5. The molecule has 0 aliphatic carbocycles. The van der Waals surface area contributed by atoms with Crippen molar-refractivity contribution in [3.8, 4) is 11.3 Å². The summed E-state index contributed by atoms with van der Waals surface area (Å²) >= 11 is 0. The first-order valence-electron chi connectivity index (χ1n) is 13.1. The predicted molar refractivity (Wildman–Crippen MR) is 149 cm³/mol. The fourth-order valence-electron chi connectivity index (χ4n) is 5.75. The zero-order valence-corrected chi connectivity index (χ0v) is 22.7. The van der Waals surface area contributed by atoms with Crippen LogP contribution >= 0.6 is 0 Å². The Kier molecular flexibility index (Phi) is 6.55. The maximum absolute atomic E-state index is 12.1. The quantitative estimate of drug-likeness (QED) is 0.343. The number of rotatable bonds is 5. The van der Waals surface area contributed by atoms with E-state index in [1.807, 2.05) is 25.4 Å². The van der Waals surface area contributed by atoms with Crippen molar-refractivity contribution in [2.75, 3.05) is 33.7 Å². The monoisotopic (exact) mass is 496 g/mol. The van der Waals surface area contributed by atoms with Crippen LogP contribution in [-0.2, 0) is 4.79 Å². The average molecular weight is 497 g/mol. The average Bonchev–Trinajstić information content (AvgIpc) is 3.41. The Morgan fingerprint density at radius 3 is 2.59 bits per heavy atom. The van der Waals surface area contributed by atoms with Gasteiger partial charge in [0.05, 0.1) is 24.1 Å². The Labute approximate surface area is 218 Å². The van der Waals surface area contributed by atoms with E-state index in [1.165, 1.54) is 16.5 Å². The Morgan fingerprint density at radius 1 is 1.22 bits per heavy atom. The molecule has 1 aliphatic rings. The van der Waals surface area contributed by atoms with Crippen molar-refractivity contribution in [1.82, 2.24) is 24.2 Å². The molecule has 1 aromatic carbocycles. The van der Waals surface area contributed by atoms with Gasteiger partial charge in [-0.25, -0.2) is 9.38 Å². The highest BCUT2D eigenvalue weighted by atomic mass is 16.2. The number of amides is 1. The number of imidazole rings is 1. The van der Waals surface area contributed by atoms with Crippen LogP contribution in [-0.4, -0.2) is 63.8 Å². The van der Waals surface area contributed by atoms with Gasteiger partial charge in [-0.1, -0.05) is 26.5 Å². The first kappa shape index (κ1) is 25.0. The second kappa shape index (κ2) is 9.68. The second-order valence-corrected chi connectivity index (χ2v) is 11.0. The minimum Gasteiger partial charge on any atom is -0.362 e. The van der Waals surface area contributed by atoms with E-state index in [0.29, 0.717) is 24.2 Å². The fourth-order valence-corrected chi connectivity index (χ4v) is 5.75. The smallest absolute Gasteiger partial charge is 0.257 e. The van der Waals surface area contributed by atoms with Crippen LogP contribution in [0.4, 0.5) is 5.82 Å². The number of aromatic nitrogens is 3. The summed E-state index contributed by atoms with van der Waals surface area (Å²) in [5, 5.41) is 1.28. The van der Waals surface area contributed by atoms with Crippen molar-refractivity contribution in [2.45, 2.75) is 52.4 Å². The van der Waals surface area contributed by atoms with Crippen molar-refractivity contribution in [3.63, 3.8) is 0 Å². The van der Waals surface area contributed by atoms with Crippen molar-refractivity contribution < 1.29 is 4.79 Å². The SMILES string of the molecule is [C-]#[N+]c1c(C)nc2c(C)cc(-c3[nH]c4ccc(C5CCN(CC(=O)N(C)C)CC5)cc4c3C(C)C)cn12. The topological polar surface area (TPSA) is 61.0 Å². The lowest BCUT2D eigenvalue weighted by atomic mass is 9.87. The number of aromatic amines is 1. The third-order valence-corrected chi connectivity index (χ3v) is 7.80. The van der Waals surface area contributed by atoms with E-state index in [1.54, 1.807) is 4.90 Å². The first-order chi connectivity index (χ1) is 17.7. The molecule has 1 aliphatic heterocycles. The summed E-state index contributed by atoms with van der Waals surface area (Å²) in [5.41, 5.74) is 8.69. The third-order valence-electron chi connectivity index (χ3n) is 7.80. The maximum atomic E-state index is 12.1. The molecule has 1 amide bonds. The van der Waals surface area contributed by atoms with Crippen LogP contribution in [0.25, 0.3) is 32.7 Å². The lowest BCUT2D eigenvalue weighted by Gasteiger charge is -2.32. The zero-order chi connectivity index (χ0) is 26.4. The van der Waals surface area contributed by atoms with Crippen molar-refractivity contribution in [1.29, 1.82) is 0 Å². The highest BCUT2D eigenvalue weighted by Gasteiger charge is 2.25. The van der Waals surface area contributed by atoms with Crippen molar-refractivity contribution in [3.05, 3.63) is 64.3 Å². The van der Waals surface area contributed by atoms with Crippen LogP contribution in [0, 0.1) is 20.4 Å². The minimum absolute atomic E-state index is 0.170. The minimum atomic E-state index is 0.170. The summed E-state index contributed by atoms with van der Waals surface area (Å²) in [5.74, 6) is 1.58. The van der Waals surface area contributed by atoms with E-state index in [-0.39, 0.29) is 5.91 Å². The Hall–Kier alpha value is -3.63. The summed E-state index contributed by atoms with van der Waals surface area (Å²) in [6, 6.07) is 9.05. The van der Waals surface area contributed by atoms with Gasteiger partial charge in [0.1, 0.15) is 0 Å². The molecule has 7 nitrogen and oxygen atoms in total. The number of piperidine rings is 1. The molecule has 0 atom stereocenters. The molecule has 4 aromatic rings. The fraction of sp³-hybridized carbons (Fsp3) is 0.433. The lowest BCUT2D eigenvalue weighted by molar-refractivity contribution is -0.130. The zero-order valence-electron chi connectivity index (χ0n) is 22.7. The van der Waals surface area contributed by atoms with Gasteiger partial charge in [0.25, 0.3) is 5.82 Å². The molecular formula is C30H36N6O. The molecule has 7 heteroatoms. The van der Waals surface area contributed by atoms with E-state index >= 15 is 0 Å². The van der Waals surface area contributed by atoms with Gasteiger partial charge in [-0.15, -0.1) is 0 Å². The molecule has 0 bridgehead atoms. The van der Waals surface area contributed by atoms with Crippen LogP contribution in [0.3, 0.4) is 0 Å². The molecule has 1 N–H and O–H groups in total. The standard InChI is InChI=1S/C30H36N6O/c1-18(2)27-24-15-22(21-10-12-35(13-11-21)17-26(37)34(6)7)8-9-25(24)33-28(27)23-14-19(3)29-32-20(4)30(31-5)36(29)16-23/h8-9,14-16,18,21,33H,10-13,17H2,1-4,6-7H3. The summed E-state index contributed by atoms with van der Waals surface area (Å²) in [4.78, 5) is 28.1. The van der Waals surface area contributed by atoms with E-state index in [0.717, 1.165) is 59.6 Å². The molecule has 0 saturated carbocycles. The number of aryl methyl sites for hydroxylation is 2. The summed E-state index contributed by atoms with van der Waals surface area (Å²) in [7, 11) is 3.64. The van der Waals surface area contributed by atoms with Gasteiger partial charge < -0.3 is 14.7 Å². The molecule has 0 spiro atoms. The van der Waals surface area contributed by atoms with E-state index in [4.69, 9.17) is 6.57 Å². The molecule has 5 rings (SSSR count).